The molecule has 3 N–H and O–H groups in total. The molecule has 4 rings (SSSR count). The maximum atomic E-state index is 12.7. The molecule has 0 unspecified atom stereocenters. The quantitative estimate of drug-likeness (QED) is 0.161. The number of benzene rings is 3. The van der Waals surface area contributed by atoms with Gasteiger partial charge in [0.15, 0.2) is 0 Å². The van der Waals surface area contributed by atoms with Crippen molar-refractivity contribution in [3.63, 3.8) is 0 Å². The van der Waals surface area contributed by atoms with Crippen molar-refractivity contribution in [1.82, 2.24) is 14.5 Å². The molecule has 8 nitrogen and oxygen atoms in total. The van der Waals surface area contributed by atoms with Gasteiger partial charge in [0, 0.05) is 28.9 Å². The molecule has 0 aliphatic carbocycles. The number of carbonyl (C=O) groups excluding carboxylic acids is 1. The molecule has 1 heterocycles. The van der Waals surface area contributed by atoms with E-state index >= 15 is 0 Å². The van der Waals surface area contributed by atoms with Crippen LogP contribution in [0.15, 0.2) is 78.0 Å². The van der Waals surface area contributed by atoms with Crippen molar-refractivity contribution in [2.24, 2.45) is 0 Å². The Hall–Kier alpha value is -3.80. The lowest BCUT2D eigenvalue weighted by Gasteiger charge is -2.14. The summed E-state index contributed by atoms with van der Waals surface area (Å²) in [5.74, 6) is 1.14. The van der Waals surface area contributed by atoms with Gasteiger partial charge < -0.3 is 20.1 Å². The van der Waals surface area contributed by atoms with Crippen LogP contribution < -0.4 is 24.8 Å². The zero-order valence-corrected chi connectivity index (χ0v) is 23.4. The van der Waals surface area contributed by atoms with Crippen LogP contribution in [0.4, 0.5) is 20.2 Å². The number of carbonyl (C=O) groups is 1. The molecular weight excluding hydrogens is 560 g/mol. The number of ether oxygens (including phenoxy) is 2. The van der Waals surface area contributed by atoms with Gasteiger partial charge in [0.05, 0.1) is 55.8 Å². The number of nitrogens with zero attached hydrogens (tertiary/aromatic N) is 2. The van der Waals surface area contributed by atoms with Crippen LogP contribution in [-0.2, 0) is 17.8 Å². The van der Waals surface area contributed by atoms with Gasteiger partial charge in [0.25, 0.3) is 6.43 Å². The van der Waals surface area contributed by atoms with E-state index in [0.29, 0.717) is 40.1 Å². The van der Waals surface area contributed by atoms with Gasteiger partial charge in [-0.2, -0.15) is 5.10 Å². The van der Waals surface area contributed by atoms with E-state index in [-0.39, 0.29) is 12.3 Å². The van der Waals surface area contributed by atoms with Crippen molar-refractivity contribution in [1.29, 1.82) is 0 Å². The van der Waals surface area contributed by atoms with Crippen LogP contribution in [0.5, 0.6) is 11.5 Å². The molecule has 0 saturated heterocycles. The van der Waals surface area contributed by atoms with E-state index in [9.17, 15) is 13.6 Å². The summed E-state index contributed by atoms with van der Waals surface area (Å²) in [4.78, 5) is 13.5. The minimum atomic E-state index is -2.48. The van der Waals surface area contributed by atoms with Gasteiger partial charge in [0.2, 0.25) is 5.91 Å². The minimum Gasteiger partial charge on any atom is -0.497 e. The number of aromatic nitrogens is 2. The topological polar surface area (TPSA) is 89.4 Å². The summed E-state index contributed by atoms with van der Waals surface area (Å²) in [5.41, 5.74) is 3.37. The van der Waals surface area contributed by atoms with E-state index in [1.165, 1.54) is 18.1 Å². The summed E-state index contributed by atoms with van der Waals surface area (Å²) in [5, 5.41) is 10.4. The summed E-state index contributed by atoms with van der Waals surface area (Å²) >= 11 is 7.54. The van der Waals surface area contributed by atoms with E-state index in [1.54, 1.807) is 55.4 Å². The van der Waals surface area contributed by atoms with Gasteiger partial charge in [-0.05, 0) is 47.8 Å². The molecule has 1 amide bonds. The molecule has 12 heteroatoms. The highest BCUT2D eigenvalue weighted by Gasteiger charge is 2.13. The van der Waals surface area contributed by atoms with Crippen LogP contribution in [0.3, 0.4) is 0 Å². The Labute approximate surface area is 240 Å². The largest absolute Gasteiger partial charge is 0.497 e. The third-order valence-corrected chi connectivity index (χ3v) is 6.99. The van der Waals surface area contributed by atoms with E-state index in [2.05, 4.69) is 20.5 Å². The van der Waals surface area contributed by atoms with E-state index in [0.717, 1.165) is 16.0 Å². The van der Waals surface area contributed by atoms with E-state index in [1.807, 2.05) is 30.3 Å². The van der Waals surface area contributed by atoms with Gasteiger partial charge in [-0.1, -0.05) is 35.9 Å². The first kappa shape index (κ1) is 29.2. The maximum Gasteiger partial charge on any atom is 0.255 e. The van der Waals surface area contributed by atoms with Crippen LogP contribution >= 0.6 is 23.5 Å². The lowest BCUT2D eigenvalue weighted by atomic mass is 10.1. The Morgan fingerprint density at radius 3 is 2.62 bits per heavy atom. The zero-order valence-electron chi connectivity index (χ0n) is 21.8. The number of halogens is 3. The van der Waals surface area contributed by atoms with Crippen LogP contribution in [-0.4, -0.2) is 42.9 Å². The van der Waals surface area contributed by atoms with Gasteiger partial charge in [-0.25, -0.2) is 13.5 Å². The summed E-state index contributed by atoms with van der Waals surface area (Å²) < 4.78 is 40.9. The Morgan fingerprint density at radius 1 is 1.05 bits per heavy atom. The first-order chi connectivity index (χ1) is 19.4. The number of amides is 1. The summed E-state index contributed by atoms with van der Waals surface area (Å²) in [6, 6.07) is 18.1. The van der Waals surface area contributed by atoms with Crippen LogP contribution in [0.25, 0.3) is 5.69 Å². The molecule has 3 aromatic carbocycles. The molecule has 0 spiro atoms. The van der Waals surface area contributed by atoms with Gasteiger partial charge in [-0.3, -0.25) is 9.52 Å². The second kappa shape index (κ2) is 14.0. The van der Waals surface area contributed by atoms with Crippen molar-refractivity contribution in [3.05, 3.63) is 89.2 Å². The molecule has 0 aliphatic heterocycles. The predicted octanol–water partition coefficient (Wildman–Crippen LogP) is 6.20. The van der Waals surface area contributed by atoms with Gasteiger partial charge in [-0.15, -0.1) is 0 Å². The van der Waals surface area contributed by atoms with E-state index < -0.39 is 13.0 Å². The molecule has 4 aromatic rings. The average molecular weight is 588 g/mol. The van der Waals surface area contributed by atoms with Crippen molar-refractivity contribution >= 4 is 40.8 Å². The lowest BCUT2D eigenvalue weighted by Crippen LogP contribution is -2.15. The fraction of sp³-hybridized carbons (Fsp3) is 0.214. The lowest BCUT2D eigenvalue weighted by molar-refractivity contribution is -0.115. The molecule has 0 radical (unpaired) electrons. The summed E-state index contributed by atoms with van der Waals surface area (Å²) in [6.45, 7) is -0.0182. The number of methoxy groups -OCH3 is 2. The van der Waals surface area contributed by atoms with Crippen LogP contribution in [0.2, 0.25) is 5.02 Å². The molecular formula is C28H28ClF2N5O3S. The summed E-state index contributed by atoms with van der Waals surface area (Å²) in [6.07, 6.45) is 0.746. The Bertz CT molecular complexity index is 1450. The number of anilines is 2. The molecule has 0 aliphatic rings. The number of nitrogens with one attached hydrogen (secondary N) is 3. The zero-order chi connectivity index (χ0) is 28.5. The van der Waals surface area contributed by atoms with Crippen LogP contribution in [0, 0.1) is 0 Å². The third kappa shape index (κ3) is 7.87. The maximum absolute atomic E-state index is 12.7. The van der Waals surface area contributed by atoms with E-state index in [4.69, 9.17) is 21.1 Å². The molecule has 1 aromatic heterocycles. The van der Waals surface area contributed by atoms with Crippen LogP contribution in [0.1, 0.15) is 11.1 Å². The van der Waals surface area contributed by atoms with Crippen molar-refractivity contribution in [2.45, 2.75) is 24.3 Å². The normalized spacial score (nSPS) is 10.9. The third-order valence-electron chi connectivity index (χ3n) is 5.78. The Kier molecular flexibility index (Phi) is 10.2. The standard InChI is InChI=1S/C28H28ClF2N5O3S/c1-38-22-9-7-19(25(13-22)39-2)14-34-40-26-12-20(35-28(37)11-18-5-3-4-6-23(18)29)8-10-24(26)36-17-21(15-33-36)32-16-27(30)31/h3-10,12-13,15,17,27,32,34H,11,14,16H2,1-2H3,(H,35,37). The highest BCUT2D eigenvalue weighted by Crippen LogP contribution is 2.30. The smallest absolute Gasteiger partial charge is 0.255 e. The highest BCUT2D eigenvalue weighted by molar-refractivity contribution is 7.97. The second-order valence-electron chi connectivity index (χ2n) is 8.55. The molecule has 0 atom stereocenters. The summed E-state index contributed by atoms with van der Waals surface area (Å²) in [7, 11) is 3.18. The SMILES string of the molecule is COc1ccc(CNSc2cc(NC(=O)Cc3ccccc3Cl)ccc2-n2cc(NCC(F)F)cn2)c(OC)c1. The first-order valence-corrected chi connectivity index (χ1v) is 13.4. The van der Waals surface area contributed by atoms with Crippen molar-refractivity contribution in [3.8, 4) is 17.2 Å². The number of hydrogen-bond donors (Lipinski definition) is 3. The minimum absolute atomic E-state index is 0.123. The molecule has 0 saturated carbocycles. The fourth-order valence-electron chi connectivity index (χ4n) is 3.81. The molecule has 0 bridgehead atoms. The Balaban J connectivity index is 1.53. The molecule has 0 fully saturated rings. The highest BCUT2D eigenvalue weighted by atomic mass is 35.5. The average Bonchev–Trinajstić information content (AvgIpc) is 3.42. The van der Waals surface area contributed by atoms with Gasteiger partial charge in [0.1, 0.15) is 11.5 Å². The predicted molar refractivity (Wildman–Crippen MR) is 154 cm³/mol. The number of alkyl halides is 2. The van der Waals surface area contributed by atoms with Crippen molar-refractivity contribution < 1.29 is 23.0 Å². The van der Waals surface area contributed by atoms with Crippen molar-refractivity contribution in [2.75, 3.05) is 31.4 Å². The Morgan fingerprint density at radius 2 is 1.88 bits per heavy atom. The fourth-order valence-corrected chi connectivity index (χ4v) is 4.85. The number of hydrogen-bond acceptors (Lipinski definition) is 7. The number of rotatable bonds is 13. The monoisotopic (exact) mass is 587 g/mol. The first-order valence-electron chi connectivity index (χ1n) is 12.2. The van der Waals surface area contributed by atoms with Gasteiger partial charge >= 0.3 is 0 Å². The molecule has 210 valence electrons. The molecule has 40 heavy (non-hydrogen) atoms. The second-order valence-corrected chi connectivity index (χ2v) is 9.89.